The molecule has 3 heterocycles. The molecule has 3 rings (SSSR count). The molecule has 1 amide bonds. The van der Waals surface area contributed by atoms with Gasteiger partial charge in [-0.15, -0.1) is 11.8 Å². The molecule has 0 radical (unpaired) electrons. The van der Waals surface area contributed by atoms with Crippen LogP contribution in [0.3, 0.4) is 0 Å². The Kier molecular flexibility index (Phi) is 1.44. The number of amides is 1. The summed E-state index contributed by atoms with van der Waals surface area (Å²) in [6.45, 7) is 0. The molecular formula is C10H7NO2S. The lowest BCUT2D eigenvalue weighted by Crippen LogP contribution is -2.16. The van der Waals surface area contributed by atoms with E-state index in [9.17, 15) is 4.79 Å². The zero-order valence-electron chi connectivity index (χ0n) is 7.24. The number of thioether (sulfide) groups is 1. The fraction of sp³-hybridized carbons (Fsp3) is 0.100. The molecule has 0 fully saturated rings. The summed E-state index contributed by atoms with van der Waals surface area (Å²) in [5.74, 6) is 0.325. The van der Waals surface area contributed by atoms with Gasteiger partial charge in [-0.3, -0.25) is 4.79 Å². The molecule has 0 saturated heterocycles. The highest BCUT2D eigenvalue weighted by Gasteiger charge is 2.25. The fourth-order valence-electron chi connectivity index (χ4n) is 1.69. The molecule has 0 aliphatic carbocycles. The predicted octanol–water partition coefficient (Wildman–Crippen LogP) is -0.289. The van der Waals surface area contributed by atoms with Gasteiger partial charge in [-0.2, -0.15) is 0 Å². The van der Waals surface area contributed by atoms with Gasteiger partial charge in [0.2, 0.25) is 5.91 Å². The average molecular weight is 205 g/mol. The predicted molar refractivity (Wildman–Crippen MR) is 54.5 cm³/mol. The number of fused-ring (bicyclic) bond motifs is 3. The zero-order valence-corrected chi connectivity index (χ0v) is 8.06. The van der Waals surface area contributed by atoms with Crippen molar-refractivity contribution < 1.29 is 9.21 Å². The van der Waals surface area contributed by atoms with Gasteiger partial charge < -0.3 is 10.2 Å². The van der Waals surface area contributed by atoms with Crippen LogP contribution >= 0.6 is 11.8 Å². The van der Waals surface area contributed by atoms with Crippen molar-refractivity contribution in [1.82, 2.24) is 0 Å². The van der Waals surface area contributed by atoms with Crippen LogP contribution in [0.15, 0.2) is 27.7 Å². The SMILES string of the molecule is NC(=O)C1=C2C=c3ccc(o3)=C2SC1. The minimum atomic E-state index is -0.332. The number of rotatable bonds is 1. The molecule has 0 saturated carbocycles. The molecule has 2 aliphatic rings. The van der Waals surface area contributed by atoms with Crippen LogP contribution in [0, 0.1) is 0 Å². The first kappa shape index (κ1) is 7.94. The van der Waals surface area contributed by atoms with E-state index in [4.69, 9.17) is 10.2 Å². The standard InChI is InChI=1S/C10H7NO2S/c11-10(12)7-4-14-9-6(7)3-5-1-2-8(9)13-5/h1-3H,4H2,(H2,11,12). The number of primary amides is 1. The van der Waals surface area contributed by atoms with E-state index in [1.807, 2.05) is 18.2 Å². The van der Waals surface area contributed by atoms with Crippen molar-refractivity contribution in [2.75, 3.05) is 5.75 Å². The maximum atomic E-state index is 11.1. The molecule has 2 aliphatic heterocycles. The Hall–Kier alpha value is -1.42. The van der Waals surface area contributed by atoms with Crippen LogP contribution in [-0.2, 0) is 4.79 Å². The number of carbonyl (C=O) groups excluding carboxylic acids is 1. The van der Waals surface area contributed by atoms with Crippen LogP contribution in [0.1, 0.15) is 0 Å². The quantitative estimate of drug-likeness (QED) is 0.685. The van der Waals surface area contributed by atoms with E-state index in [0.717, 1.165) is 21.3 Å². The lowest BCUT2D eigenvalue weighted by atomic mass is 10.1. The molecule has 2 bridgehead atoms. The topological polar surface area (TPSA) is 56.2 Å². The smallest absolute Gasteiger partial charge is 0.246 e. The van der Waals surface area contributed by atoms with E-state index in [1.165, 1.54) is 0 Å². The van der Waals surface area contributed by atoms with Gasteiger partial charge in [-0.1, -0.05) is 0 Å². The third kappa shape index (κ3) is 0.915. The van der Waals surface area contributed by atoms with Crippen molar-refractivity contribution in [2.45, 2.75) is 0 Å². The van der Waals surface area contributed by atoms with Crippen molar-refractivity contribution in [3.05, 3.63) is 34.1 Å². The normalized spacial score (nSPS) is 18.1. The minimum Gasteiger partial charge on any atom is -0.456 e. The third-order valence-corrected chi connectivity index (χ3v) is 3.51. The highest BCUT2D eigenvalue weighted by atomic mass is 32.2. The monoisotopic (exact) mass is 205 g/mol. The summed E-state index contributed by atoms with van der Waals surface area (Å²) in [7, 11) is 0. The van der Waals surface area contributed by atoms with Crippen molar-refractivity contribution in [2.24, 2.45) is 5.73 Å². The number of furan rings is 1. The van der Waals surface area contributed by atoms with Gasteiger partial charge >= 0.3 is 0 Å². The maximum Gasteiger partial charge on any atom is 0.246 e. The van der Waals surface area contributed by atoms with Crippen LogP contribution < -0.4 is 16.6 Å². The number of carbonyl (C=O) groups is 1. The first-order valence-corrected chi connectivity index (χ1v) is 5.22. The summed E-state index contributed by atoms with van der Waals surface area (Å²) in [5.41, 5.74) is 8.58. The molecule has 0 aromatic carbocycles. The summed E-state index contributed by atoms with van der Waals surface area (Å²) in [6.07, 6.45) is 1.88. The van der Waals surface area contributed by atoms with Crippen LogP contribution in [0.2, 0.25) is 0 Å². The van der Waals surface area contributed by atoms with E-state index in [0.29, 0.717) is 11.3 Å². The summed E-state index contributed by atoms with van der Waals surface area (Å²) >= 11 is 1.61. The Morgan fingerprint density at radius 2 is 2.36 bits per heavy atom. The fourth-order valence-corrected chi connectivity index (χ4v) is 2.87. The minimum absolute atomic E-state index is 0.332. The molecule has 14 heavy (non-hydrogen) atoms. The summed E-state index contributed by atoms with van der Waals surface area (Å²) in [4.78, 5) is 12.2. The molecule has 0 atom stereocenters. The molecule has 2 N–H and O–H groups in total. The van der Waals surface area contributed by atoms with E-state index >= 15 is 0 Å². The van der Waals surface area contributed by atoms with Crippen LogP contribution in [-0.4, -0.2) is 11.7 Å². The second-order valence-corrected chi connectivity index (χ2v) is 4.21. The zero-order chi connectivity index (χ0) is 9.71. The lowest BCUT2D eigenvalue weighted by Gasteiger charge is -2.00. The summed E-state index contributed by atoms with van der Waals surface area (Å²) in [6, 6.07) is 3.82. The Bertz CT molecular complexity index is 580. The molecule has 0 unspecified atom stereocenters. The van der Waals surface area contributed by atoms with Crippen LogP contribution in [0.25, 0.3) is 11.0 Å². The van der Waals surface area contributed by atoms with Crippen LogP contribution in [0.5, 0.6) is 0 Å². The molecular weight excluding hydrogens is 198 g/mol. The lowest BCUT2D eigenvalue weighted by molar-refractivity contribution is -0.114. The Morgan fingerprint density at radius 1 is 1.50 bits per heavy atom. The number of nitrogens with two attached hydrogens (primary N) is 1. The van der Waals surface area contributed by atoms with Crippen LogP contribution in [0.4, 0.5) is 0 Å². The maximum absolute atomic E-state index is 11.1. The number of hydrogen-bond donors (Lipinski definition) is 1. The van der Waals surface area contributed by atoms with E-state index in [2.05, 4.69) is 0 Å². The van der Waals surface area contributed by atoms with E-state index < -0.39 is 0 Å². The molecule has 70 valence electrons. The van der Waals surface area contributed by atoms with Gasteiger partial charge in [-0.25, -0.2) is 0 Å². The van der Waals surface area contributed by atoms with Gasteiger partial charge in [0.25, 0.3) is 0 Å². The molecule has 1 aromatic rings. The van der Waals surface area contributed by atoms with Crippen molar-refractivity contribution in [3.8, 4) is 0 Å². The van der Waals surface area contributed by atoms with Crippen molar-refractivity contribution in [1.29, 1.82) is 0 Å². The first-order valence-electron chi connectivity index (χ1n) is 4.24. The molecule has 3 nitrogen and oxygen atoms in total. The highest BCUT2D eigenvalue weighted by molar-refractivity contribution is 8.08. The molecule has 4 heteroatoms. The van der Waals surface area contributed by atoms with Gasteiger partial charge in [0.1, 0.15) is 10.8 Å². The molecule has 0 spiro atoms. The Labute approximate surface area is 84.0 Å². The van der Waals surface area contributed by atoms with E-state index in [1.54, 1.807) is 11.8 Å². The van der Waals surface area contributed by atoms with E-state index in [-0.39, 0.29) is 5.91 Å². The summed E-state index contributed by atoms with van der Waals surface area (Å²) < 4.78 is 5.46. The second-order valence-electron chi connectivity index (χ2n) is 3.22. The Morgan fingerprint density at radius 3 is 3.14 bits per heavy atom. The van der Waals surface area contributed by atoms with Gasteiger partial charge in [0, 0.05) is 16.9 Å². The van der Waals surface area contributed by atoms with Gasteiger partial charge in [0.15, 0.2) is 0 Å². The van der Waals surface area contributed by atoms with Crippen molar-refractivity contribution in [3.63, 3.8) is 0 Å². The summed E-state index contributed by atoms with van der Waals surface area (Å²) in [5, 5.41) is 0. The second kappa shape index (κ2) is 2.54. The average Bonchev–Trinajstić information content (AvgIpc) is 2.71. The number of hydrogen-bond acceptors (Lipinski definition) is 3. The Balaban J connectivity index is 2.38. The largest absolute Gasteiger partial charge is 0.456 e. The highest BCUT2D eigenvalue weighted by Crippen LogP contribution is 2.38. The van der Waals surface area contributed by atoms with Gasteiger partial charge in [-0.05, 0) is 18.2 Å². The van der Waals surface area contributed by atoms with Crippen molar-refractivity contribution >= 4 is 28.7 Å². The van der Waals surface area contributed by atoms with Gasteiger partial charge in [0.05, 0.1) is 4.91 Å². The molecule has 1 aromatic heterocycles. The third-order valence-electron chi connectivity index (χ3n) is 2.37. The first-order chi connectivity index (χ1) is 6.75.